The molecule has 30 heavy (non-hydrogen) atoms. The molecule has 2 aromatic rings. The number of benzene rings is 1. The van der Waals surface area contributed by atoms with Crippen LogP contribution in [0.3, 0.4) is 0 Å². The van der Waals surface area contributed by atoms with Gasteiger partial charge in [-0.15, -0.1) is 0 Å². The van der Waals surface area contributed by atoms with Gasteiger partial charge in [0.15, 0.2) is 5.78 Å². The molecule has 1 aromatic carbocycles. The van der Waals surface area contributed by atoms with Crippen molar-refractivity contribution in [1.82, 2.24) is 14.5 Å². The number of likely N-dealkylation sites (N-methyl/N-ethyl adjacent to an activating group) is 1. The van der Waals surface area contributed by atoms with E-state index in [-0.39, 0.29) is 23.1 Å². The van der Waals surface area contributed by atoms with Gasteiger partial charge in [0.1, 0.15) is 5.03 Å². The monoisotopic (exact) mass is 428 g/mol. The van der Waals surface area contributed by atoms with Crippen molar-refractivity contribution in [3.8, 4) is 0 Å². The Morgan fingerprint density at radius 2 is 1.87 bits per heavy atom. The number of rotatable bonds is 8. The van der Waals surface area contributed by atoms with Crippen LogP contribution in [0.15, 0.2) is 34.1 Å². The molecule has 1 N–H and O–H groups in total. The Bertz CT molecular complexity index is 983. The van der Waals surface area contributed by atoms with Gasteiger partial charge in [0.25, 0.3) is 0 Å². The van der Waals surface area contributed by atoms with Crippen LogP contribution in [-0.4, -0.2) is 52.5 Å². The summed E-state index contributed by atoms with van der Waals surface area (Å²) >= 11 is 1.32. The van der Waals surface area contributed by atoms with Crippen molar-refractivity contribution in [3.63, 3.8) is 0 Å². The number of anilines is 1. The predicted molar refractivity (Wildman–Crippen MR) is 119 cm³/mol. The Balaban J connectivity index is 1.70. The van der Waals surface area contributed by atoms with Gasteiger partial charge in [-0.25, -0.2) is 4.79 Å². The molecule has 1 aromatic heterocycles. The van der Waals surface area contributed by atoms with Crippen LogP contribution in [0.25, 0.3) is 0 Å². The van der Waals surface area contributed by atoms with E-state index < -0.39 is 0 Å². The summed E-state index contributed by atoms with van der Waals surface area (Å²) in [5.41, 5.74) is 3.20. The number of nitrogens with zero attached hydrogens (tertiary/aromatic N) is 3. The molecule has 8 heteroatoms. The molecule has 0 spiro atoms. The van der Waals surface area contributed by atoms with E-state index in [2.05, 4.69) is 15.2 Å². The molecule has 1 aliphatic rings. The van der Waals surface area contributed by atoms with Crippen LogP contribution in [0.1, 0.15) is 41.4 Å². The van der Waals surface area contributed by atoms with Crippen LogP contribution in [-0.2, 0) is 24.2 Å². The van der Waals surface area contributed by atoms with E-state index in [0.717, 1.165) is 43.5 Å². The molecule has 0 unspecified atom stereocenters. The Morgan fingerprint density at radius 1 is 1.17 bits per heavy atom. The second kappa shape index (κ2) is 10.0. The van der Waals surface area contributed by atoms with Gasteiger partial charge < -0.3 is 10.2 Å². The molecule has 1 heterocycles. The lowest BCUT2D eigenvalue weighted by molar-refractivity contribution is -0.113. The van der Waals surface area contributed by atoms with Gasteiger partial charge >= 0.3 is 5.69 Å². The van der Waals surface area contributed by atoms with Crippen molar-refractivity contribution in [2.24, 2.45) is 0 Å². The fraction of sp³-hybridized carbons (Fsp3) is 0.455. The Morgan fingerprint density at radius 3 is 2.53 bits per heavy atom. The van der Waals surface area contributed by atoms with E-state index in [1.54, 1.807) is 28.8 Å². The quantitative estimate of drug-likeness (QED) is 0.395. The van der Waals surface area contributed by atoms with Gasteiger partial charge in [-0.1, -0.05) is 11.8 Å². The number of hydrogen-bond acceptors (Lipinski definition) is 6. The summed E-state index contributed by atoms with van der Waals surface area (Å²) in [4.78, 5) is 42.7. The van der Waals surface area contributed by atoms with E-state index in [1.165, 1.54) is 18.7 Å². The first-order valence-electron chi connectivity index (χ1n) is 10.2. The largest absolute Gasteiger partial charge is 0.348 e. The molecule has 3 rings (SSSR count). The van der Waals surface area contributed by atoms with Gasteiger partial charge in [-0.3, -0.25) is 14.2 Å². The molecular weight excluding hydrogens is 400 g/mol. The first-order valence-corrected chi connectivity index (χ1v) is 11.1. The average molecular weight is 429 g/mol. The standard InChI is InChI=1S/C22H28N4O3S/c1-15(27)16-8-10-17(11-9-16)23-20(28)14-30-21-18-6-4-5-7-19(18)26(22(29)24-21)13-12-25(2)3/h8-11H,4-7,12-14H2,1-3H3,(H,23,28). The molecule has 160 valence electrons. The summed E-state index contributed by atoms with van der Waals surface area (Å²) in [7, 11) is 3.98. The zero-order chi connectivity index (χ0) is 21.7. The number of carbonyl (C=O) groups is 2. The fourth-order valence-electron chi connectivity index (χ4n) is 3.52. The first kappa shape index (κ1) is 22.2. The molecule has 0 atom stereocenters. The normalized spacial score (nSPS) is 13.2. The summed E-state index contributed by atoms with van der Waals surface area (Å²) in [6.45, 7) is 2.92. The van der Waals surface area contributed by atoms with Gasteiger partial charge in [-0.2, -0.15) is 4.98 Å². The molecular formula is C22H28N4O3S. The van der Waals surface area contributed by atoms with Crippen LogP contribution in [0.5, 0.6) is 0 Å². The summed E-state index contributed by atoms with van der Waals surface area (Å²) < 4.78 is 1.80. The topological polar surface area (TPSA) is 84.3 Å². The summed E-state index contributed by atoms with van der Waals surface area (Å²) in [5, 5.41) is 3.51. The number of aromatic nitrogens is 2. The van der Waals surface area contributed by atoms with E-state index in [0.29, 0.717) is 22.8 Å². The van der Waals surface area contributed by atoms with Crippen molar-refractivity contribution in [3.05, 3.63) is 51.6 Å². The van der Waals surface area contributed by atoms with Gasteiger partial charge in [0.2, 0.25) is 5.91 Å². The Hall–Kier alpha value is -2.45. The molecule has 0 saturated carbocycles. The van der Waals surface area contributed by atoms with Crippen molar-refractivity contribution < 1.29 is 9.59 Å². The first-order chi connectivity index (χ1) is 14.3. The van der Waals surface area contributed by atoms with E-state index in [1.807, 2.05) is 14.1 Å². The summed E-state index contributed by atoms with van der Waals surface area (Å²) in [6.07, 6.45) is 3.91. The van der Waals surface area contributed by atoms with Crippen LogP contribution in [0.2, 0.25) is 0 Å². The Labute approximate surface area is 180 Å². The minimum Gasteiger partial charge on any atom is -0.325 e. The lowest BCUT2D eigenvalue weighted by Crippen LogP contribution is -2.33. The summed E-state index contributed by atoms with van der Waals surface area (Å²) in [5.74, 6) is -0.00647. The second-order valence-electron chi connectivity index (χ2n) is 7.76. The Kier molecular flexibility index (Phi) is 7.44. The van der Waals surface area contributed by atoms with Crippen molar-refractivity contribution in [2.45, 2.75) is 44.2 Å². The van der Waals surface area contributed by atoms with Gasteiger partial charge in [-0.05, 0) is 71.0 Å². The maximum Gasteiger partial charge on any atom is 0.348 e. The number of Topliss-reactive ketones (excluding diaryl/α,β-unsaturated/α-hetero) is 1. The average Bonchev–Trinajstić information content (AvgIpc) is 2.71. The zero-order valence-corrected chi connectivity index (χ0v) is 18.6. The molecule has 0 aliphatic heterocycles. The van der Waals surface area contributed by atoms with Crippen molar-refractivity contribution in [1.29, 1.82) is 0 Å². The lowest BCUT2D eigenvalue weighted by atomic mass is 9.97. The van der Waals surface area contributed by atoms with E-state index >= 15 is 0 Å². The maximum atomic E-state index is 12.6. The third-order valence-electron chi connectivity index (χ3n) is 5.14. The van der Waals surface area contributed by atoms with Crippen LogP contribution >= 0.6 is 11.8 Å². The van der Waals surface area contributed by atoms with Crippen LogP contribution in [0.4, 0.5) is 5.69 Å². The van der Waals surface area contributed by atoms with E-state index in [9.17, 15) is 14.4 Å². The molecule has 0 saturated heterocycles. The zero-order valence-electron chi connectivity index (χ0n) is 17.7. The van der Waals surface area contributed by atoms with Gasteiger partial charge in [0.05, 0.1) is 5.75 Å². The lowest BCUT2D eigenvalue weighted by Gasteiger charge is -2.23. The van der Waals surface area contributed by atoms with Crippen molar-refractivity contribution in [2.75, 3.05) is 31.7 Å². The van der Waals surface area contributed by atoms with E-state index in [4.69, 9.17) is 0 Å². The number of carbonyl (C=O) groups excluding carboxylic acids is 2. The minimum atomic E-state index is -0.236. The highest BCUT2D eigenvalue weighted by Gasteiger charge is 2.21. The van der Waals surface area contributed by atoms with Gasteiger partial charge in [0, 0.05) is 35.6 Å². The SMILES string of the molecule is CC(=O)c1ccc(NC(=O)CSc2nc(=O)n(CCN(C)C)c3c2CCCC3)cc1. The third kappa shape index (κ3) is 5.58. The molecule has 7 nitrogen and oxygen atoms in total. The predicted octanol–water partition coefficient (Wildman–Crippen LogP) is 2.62. The third-order valence-corrected chi connectivity index (χ3v) is 6.15. The molecule has 1 amide bonds. The number of fused-ring (bicyclic) bond motifs is 1. The summed E-state index contributed by atoms with van der Waals surface area (Å²) in [6, 6.07) is 6.81. The smallest absolute Gasteiger partial charge is 0.325 e. The highest BCUT2D eigenvalue weighted by molar-refractivity contribution is 8.00. The molecule has 0 bridgehead atoms. The van der Waals surface area contributed by atoms with Crippen LogP contribution in [0, 0.1) is 0 Å². The number of amides is 1. The number of ketones is 1. The number of thioether (sulfide) groups is 1. The molecule has 1 aliphatic carbocycles. The van der Waals surface area contributed by atoms with Crippen molar-refractivity contribution >= 4 is 29.1 Å². The van der Waals surface area contributed by atoms with Crippen LogP contribution < -0.4 is 11.0 Å². The number of nitrogens with one attached hydrogen (secondary N) is 1. The number of hydrogen-bond donors (Lipinski definition) is 1. The second-order valence-corrected chi connectivity index (χ2v) is 8.72. The molecule has 0 radical (unpaired) electrons. The molecule has 0 fully saturated rings. The maximum absolute atomic E-state index is 12.6. The fourth-order valence-corrected chi connectivity index (χ4v) is 4.39. The minimum absolute atomic E-state index is 0.0143. The highest BCUT2D eigenvalue weighted by Crippen LogP contribution is 2.28. The highest BCUT2D eigenvalue weighted by atomic mass is 32.2.